The number of hydrogen-bond donors (Lipinski definition) is 0. The first-order valence-electron chi connectivity index (χ1n) is 5.53. The first-order valence-corrected chi connectivity index (χ1v) is 5.53. The zero-order chi connectivity index (χ0) is 11.3. The summed E-state index contributed by atoms with van der Waals surface area (Å²) in [6.07, 6.45) is 0.0894. The molecule has 0 aromatic rings. The van der Waals surface area contributed by atoms with E-state index in [2.05, 4.69) is 0 Å². The maximum absolute atomic E-state index is 13.1. The molecule has 0 amide bonds. The first-order chi connectivity index (χ1) is 6.94. The predicted molar refractivity (Wildman–Crippen MR) is 53.1 cm³/mol. The highest BCUT2D eigenvalue weighted by atomic mass is 19.1. The molecule has 0 bridgehead atoms. The minimum absolute atomic E-state index is 0.0271. The van der Waals surface area contributed by atoms with Crippen molar-refractivity contribution >= 4 is 0 Å². The summed E-state index contributed by atoms with van der Waals surface area (Å²) in [5, 5.41) is 0. The van der Waals surface area contributed by atoms with E-state index in [-0.39, 0.29) is 12.0 Å². The Morgan fingerprint density at radius 2 is 1.87 bits per heavy atom. The van der Waals surface area contributed by atoms with Crippen molar-refractivity contribution in [1.29, 1.82) is 0 Å². The molecule has 2 aliphatic rings. The van der Waals surface area contributed by atoms with Gasteiger partial charge in [-0.3, -0.25) is 0 Å². The maximum atomic E-state index is 13.1. The van der Waals surface area contributed by atoms with Crippen LogP contribution in [0.5, 0.6) is 0 Å². The molecule has 2 fully saturated rings. The van der Waals surface area contributed by atoms with Crippen LogP contribution in [-0.2, 0) is 14.2 Å². The van der Waals surface area contributed by atoms with Gasteiger partial charge in [0.15, 0.2) is 12.1 Å². The van der Waals surface area contributed by atoms with Crippen LogP contribution >= 0.6 is 0 Å². The van der Waals surface area contributed by atoms with Crippen LogP contribution in [0, 0.1) is 5.92 Å². The van der Waals surface area contributed by atoms with Gasteiger partial charge >= 0.3 is 0 Å². The number of fused-ring (bicyclic) bond motifs is 1. The fourth-order valence-electron chi connectivity index (χ4n) is 2.48. The van der Waals surface area contributed by atoms with Crippen LogP contribution in [0.4, 0.5) is 4.39 Å². The van der Waals surface area contributed by atoms with Crippen LogP contribution in [0.3, 0.4) is 0 Å². The molecular formula is C11H19FO3. The summed E-state index contributed by atoms with van der Waals surface area (Å²) in [6, 6.07) is 0. The van der Waals surface area contributed by atoms with Crippen molar-refractivity contribution < 1.29 is 18.6 Å². The lowest BCUT2D eigenvalue weighted by molar-refractivity contribution is -0.235. The third-order valence-corrected chi connectivity index (χ3v) is 3.59. The van der Waals surface area contributed by atoms with Crippen molar-refractivity contribution in [3.63, 3.8) is 0 Å². The Bertz CT molecular complexity index is 250. The molecule has 0 aliphatic carbocycles. The second kappa shape index (κ2) is 3.40. The maximum Gasteiger partial charge on any atom is 0.188 e. The summed E-state index contributed by atoms with van der Waals surface area (Å²) in [5.74, 6) is -0.584. The summed E-state index contributed by atoms with van der Waals surface area (Å²) in [6.45, 7) is 7.13. The van der Waals surface area contributed by atoms with Crippen molar-refractivity contribution in [2.24, 2.45) is 5.92 Å². The summed E-state index contributed by atoms with van der Waals surface area (Å²) in [5.41, 5.74) is -0.716. The smallest absolute Gasteiger partial charge is 0.188 e. The largest absolute Gasteiger partial charge is 0.341 e. The third kappa shape index (κ3) is 1.59. The van der Waals surface area contributed by atoms with Gasteiger partial charge in [0.1, 0.15) is 18.4 Å². The number of halogens is 1. The van der Waals surface area contributed by atoms with Crippen molar-refractivity contribution in [3.05, 3.63) is 0 Å². The first kappa shape index (κ1) is 11.3. The molecule has 88 valence electrons. The van der Waals surface area contributed by atoms with Crippen LogP contribution < -0.4 is 0 Å². The highest BCUT2D eigenvalue weighted by molar-refractivity contribution is 4.99. The molecule has 0 aromatic heterocycles. The molecule has 2 aliphatic heterocycles. The average Bonchev–Trinajstić information content (AvgIpc) is 2.59. The number of rotatable bonds is 2. The van der Waals surface area contributed by atoms with Gasteiger partial charge in [-0.25, -0.2) is 4.39 Å². The predicted octanol–water partition coefficient (Wildman–Crippen LogP) is 2.25. The van der Waals surface area contributed by atoms with E-state index in [1.807, 2.05) is 27.7 Å². The molecule has 4 heteroatoms. The summed E-state index contributed by atoms with van der Waals surface area (Å²) >= 11 is 0. The Kier molecular flexibility index (Phi) is 2.56. The topological polar surface area (TPSA) is 27.7 Å². The molecule has 2 heterocycles. The number of ether oxygens (including phenoxy) is 3. The molecule has 0 saturated carbocycles. The van der Waals surface area contributed by atoms with E-state index in [1.54, 1.807) is 0 Å². The Hall–Kier alpha value is -0.190. The quantitative estimate of drug-likeness (QED) is 0.711. The van der Waals surface area contributed by atoms with Crippen LogP contribution in [0.25, 0.3) is 0 Å². The standard InChI is InChI=1S/C11H19FO3/c1-5-11(6-12)7(2)8-9(15-11)14-10(3,4)13-8/h7-9H,5-6H2,1-4H3/t7-,8?,9-,11+/m1/s1. The van der Waals surface area contributed by atoms with Gasteiger partial charge in [0, 0.05) is 5.92 Å². The molecule has 0 radical (unpaired) electrons. The van der Waals surface area contributed by atoms with E-state index in [0.717, 1.165) is 0 Å². The van der Waals surface area contributed by atoms with Crippen molar-refractivity contribution in [2.45, 2.75) is 57.9 Å². The van der Waals surface area contributed by atoms with Crippen molar-refractivity contribution in [1.82, 2.24) is 0 Å². The van der Waals surface area contributed by atoms with Gasteiger partial charge in [0.2, 0.25) is 0 Å². The van der Waals surface area contributed by atoms with E-state index in [4.69, 9.17) is 14.2 Å². The van der Waals surface area contributed by atoms with Gasteiger partial charge in [-0.1, -0.05) is 13.8 Å². The summed E-state index contributed by atoms with van der Waals surface area (Å²) < 4.78 is 30.1. The second-order valence-electron chi connectivity index (χ2n) is 4.93. The fraction of sp³-hybridized carbons (Fsp3) is 1.00. The Labute approximate surface area is 89.9 Å². The van der Waals surface area contributed by atoms with Crippen LogP contribution in [-0.4, -0.2) is 30.5 Å². The van der Waals surface area contributed by atoms with Crippen LogP contribution in [0.15, 0.2) is 0 Å². The third-order valence-electron chi connectivity index (χ3n) is 3.59. The van der Waals surface area contributed by atoms with Gasteiger partial charge < -0.3 is 14.2 Å². The average molecular weight is 218 g/mol. The molecule has 2 rings (SSSR count). The van der Waals surface area contributed by atoms with Gasteiger partial charge in [0.05, 0.1) is 0 Å². The normalized spacial score (nSPS) is 48.2. The Morgan fingerprint density at radius 3 is 2.33 bits per heavy atom. The van der Waals surface area contributed by atoms with Crippen molar-refractivity contribution in [3.8, 4) is 0 Å². The minimum atomic E-state index is -0.716. The van der Waals surface area contributed by atoms with Gasteiger partial charge in [-0.05, 0) is 20.3 Å². The van der Waals surface area contributed by atoms with Crippen molar-refractivity contribution in [2.75, 3.05) is 6.67 Å². The second-order valence-corrected chi connectivity index (χ2v) is 4.93. The lowest BCUT2D eigenvalue weighted by atomic mass is 9.86. The van der Waals surface area contributed by atoms with Gasteiger partial charge in [-0.15, -0.1) is 0 Å². The molecule has 3 nitrogen and oxygen atoms in total. The van der Waals surface area contributed by atoms with Gasteiger partial charge in [0.25, 0.3) is 0 Å². The lowest BCUT2D eigenvalue weighted by Crippen LogP contribution is -2.40. The van der Waals surface area contributed by atoms with E-state index >= 15 is 0 Å². The SMILES string of the molecule is CC[C@@]1(CF)O[C@H]2OC(C)(C)OC2[C@H]1C. The van der Waals surface area contributed by atoms with Crippen LogP contribution in [0.2, 0.25) is 0 Å². The van der Waals surface area contributed by atoms with E-state index < -0.39 is 24.4 Å². The highest BCUT2D eigenvalue weighted by Crippen LogP contribution is 2.47. The molecule has 0 N–H and O–H groups in total. The number of alkyl halides is 1. The van der Waals surface area contributed by atoms with E-state index in [0.29, 0.717) is 6.42 Å². The van der Waals surface area contributed by atoms with E-state index in [1.165, 1.54) is 0 Å². The molecule has 0 aromatic carbocycles. The molecule has 2 saturated heterocycles. The monoisotopic (exact) mass is 218 g/mol. The van der Waals surface area contributed by atoms with E-state index in [9.17, 15) is 4.39 Å². The Morgan fingerprint density at radius 1 is 1.20 bits per heavy atom. The lowest BCUT2D eigenvalue weighted by Gasteiger charge is -2.32. The van der Waals surface area contributed by atoms with Crippen LogP contribution in [0.1, 0.15) is 34.1 Å². The summed E-state index contributed by atoms with van der Waals surface area (Å²) in [7, 11) is 0. The molecule has 1 unspecified atom stereocenters. The zero-order valence-corrected chi connectivity index (χ0v) is 9.75. The summed E-state index contributed by atoms with van der Waals surface area (Å²) in [4.78, 5) is 0. The zero-order valence-electron chi connectivity index (χ0n) is 9.75. The van der Waals surface area contributed by atoms with Gasteiger partial charge in [-0.2, -0.15) is 0 Å². The minimum Gasteiger partial charge on any atom is -0.341 e. The molecule has 15 heavy (non-hydrogen) atoms. The fourth-order valence-corrected chi connectivity index (χ4v) is 2.48. The number of hydrogen-bond acceptors (Lipinski definition) is 3. The molecular weight excluding hydrogens is 199 g/mol. The molecule has 0 spiro atoms. The molecule has 4 atom stereocenters. The highest BCUT2D eigenvalue weighted by Gasteiger charge is 2.59. The Balaban J connectivity index is 2.17.